The van der Waals surface area contributed by atoms with Crippen LogP contribution in [0.2, 0.25) is 0 Å². The summed E-state index contributed by atoms with van der Waals surface area (Å²) in [5.74, 6) is -3.67. The number of aliphatic hydroxyl groups is 1. The summed E-state index contributed by atoms with van der Waals surface area (Å²) in [6, 6.07) is 63.6. The molecule has 30 heteroatoms. The number of carboxylic acids is 3. The van der Waals surface area contributed by atoms with Crippen molar-refractivity contribution in [3.05, 3.63) is 262 Å². The molecule has 4 N–H and O–H groups in total. The Morgan fingerprint density at radius 1 is 0.446 bits per heavy atom. The Morgan fingerprint density at radius 3 is 1.07 bits per heavy atom. The van der Waals surface area contributed by atoms with Crippen LogP contribution >= 0.6 is 61.3 Å². The van der Waals surface area contributed by atoms with Gasteiger partial charge in [0.2, 0.25) is 0 Å². The molecule has 4 saturated heterocycles. The number of carbonyl (C=O) groups excluding carboxylic acids is 2. The van der Waals surface area contributed by atoms with Crippen LogP contribution in [0.15, 0.2) is 174 Å². The molecule has 24 nitrogen and oxygen atoms in total. The number of fused-ring (bicyclic) bond motifs is 4. The van der Waals surface area contributed by atoms with Gasteiger partial charge in [0.05, 0.1) is 81.1 Å². The van der Waals surface area contributed by atoms with Crippen LogP contribution in [0.5, 0.6) is 0 Å². The second kappa shape index (κ2) is 45.1. The van der Waals surface area contributed by atoms with Gasteiger partial charge in [-0.1, -0.05) is 159 Å². The number of thiophene rings is 4. The second-order valence-electron chi connectivity index (χ2n) is 27.3. The number of nitrogens with zero attached hydrogens (tertiary/aromatic N) is 8. The number of ether oxygens (including phenoxy) is 7. The summed E-state index contributed by atoms with van der Waals surface area (Å²) in [6.45, 7) is 15.4. The van der Waals surface area contributed by atoms with E-state index >= 15 is 0 Å². The van der Waals surface area contributed by atoms with Gasteiger partial charge in [0.15, 0.2) is 0 Å². The van der Waals surface area contributed by atoms with E-state index in [1.165, 1.54) is 30.3 Å². The largest absolute Gasteiger partial charge is 1.00 e. The fourth-order valence-electron chi connectivity index (χ4n) is 13.9. The Labute approximate surface area is 736 Å². The molecule has 3 atom stereocenters. The normalized spacial score (nSPS) is 14.4. The number of aromatic carboxylic acids is 3. The number of hydrogen-bond acceptors (Lipinski definition) is 25. The van der Waals surface area contributed by atoms with Gasteiger partial charge in [-0.25, -0.2) is 19.2 Å². The first-order valence-corrected chi connectivity index (χ1v) is 42.4. The fourth-order valence-corrected chi connectivity index (χ4v) is 19.4. The monoisotopic (exact) mass is 1760 g/mol. The molecule has 4 aliphatic rings. The Bertz CT molecular complexity index is 5820. The molecular weight excluding hydrogens is 1680 g/mol. The summed E-state index contributed by atoms with van der Waals surface area (Å²) >= 11 is 7.77. The van der Waals surface area contributed by atoms with E-state index in [2.05, 4.69) is 59.0 Å². The van der Waals surface area contributed by atoms with Gasteiger partial charge in [-0.05, 0) is 100.0 Å². The molecule has 618 valence electrons. The maximum atomic E-state index is 12.6. The van der Waals surface area contributed by atoms with Crippen LogP contribution in [0.1, 0.15) is 143 Å². The van der Waals surface area contributed by atoms with E-state index < -0.39 is 42.2 Å². The summed E-state index contributed by atoms with van der Waals surface area (Å²) in [5, 5.41) is 89.8. The molecule has 0 bridgehead atoms. The molecule has 16 rings (SSSR count). The van der Waals surface area contributed by atoms with Crippen molar-refractivity contribution in [2.24, 2.45) is 0 Å². The number of esters is 1. The summed E-state index contributed by atoms with van der Waals surface area (Å²) in [4.78, 5) is 66.8. The third kappa shape index (κ3) is 22.1. The number of methoxy groups -OCH3 is 3. The van der Waals surface area contributed by atoms with E-state index in [9.17, 15) is 55.1 Å². The number of unbranched alkanes of at least 4 members (excludes halogenated alkanes) is 1. The molecule has 3 unspecified atom stereocenters. The number of benzene rings is 8. The van der Waals surface area contributed by atoms with Gasteiger partial charge in [0.1, 0.15) is 94.0 Å². The van der Waals surface area contributed by atoms with Crippen LogP contribution in [0.3, 0.4) is 0 Å². The minimum atomic E-state index is -1.20. The summed E-state index contributed by atoms with van der Waals surface area (Å²) in [5.41, 5.74) is 5.59. The van der Waals surface area contributed by atoms with Crippen molar-refractivity contribution in [3.63, 3.8) is 0 Å². The maximum absolute atomic E-state index is 12.6. The molecule has 0 amide bonds. The minimum absolute atomic E-state index is 0. The standard InChI is InChI=1S/C23H22N2O4S.C22H20N2O4S.C21H18N2O4S.C11H8O.C10H9BrN2O3S.C4H9.Li/c1-27-20(17-8-7-15-5-3-4-6-16(15)13-17)19-18(14-24)22(25-9-11-29-12-10-25)30-21(19)23(26)28-2;1-27-19(16-7-6-14-4-2-3-5-15(14)12-16)18-17(13-23)21(29-20(18)22(25)26)24-8-10-28-11-9-24;22-12-16-17(18(24)15-6-5-13-3-1-2-4-14(13)11-15)19(21(25)26)28-20(16)23-7-9-27-10-8-23;12-8-9-5-6-10-3-1-2-4-11(10)7-9;11-7-6(5-12)9(17-8(7)10(14)15)13-1-3-16-4-2-13;1-3-4-2;/h3-8,13,20H,9-12H2,1-2H3;2-7,12,19H,8-11H2,1H3,(H,25,26);1-6,11,18,24H,7-10H2,(H,25,26);1-8H;1-4H2,(H,14,15);1,3-4H2,2H3;/q;;;;;-1;+1. The first-order valence-electron chi connectivity index (χ1n) is 38.3. The maximum Gasteiger partial charge on any atom is 1.00 e. The summed E-state index contributed by atoms with van der Waals surface area (Å²) in [7, 11) is 4.48. The van der Waals surface area contributed by atoms with Gasteiger partial charge in [-0.2, -0.15) is 27.5 Å². The second-order valence-corrected chi connectivity index (χ2v) is 32.1. The van der Waals surface area contributed by atoms with E-state index in [4.69, 9.17) is 43.5 Å². The van der Waals surface area contributed by atoms with Gasteiger partial charge in [0.25, 0.3) is 0 Å². The molecule has 12 aromatic rings. The molecule has 4 aliphatic heterocycles. The van der Waals surface area contributed by atoms with Crippen molar-refractivity contribution in [1.82, 2.24) is 0 Å². The predicted octanol–water partition coefficient (Wildman–Crippen LogP) is 14.8. The predicted molar refractivity (Wildman–Crippen MR) is 471 cm³/mol. The zero-order chi connectivity index (χ0) is 85.4. The third-order valence-corrected chi connectivity index (χ3v) is 26.0. The quantitative estimate of drug-likeness (QED) is 0.0268. The van der Waals surface area contributed by atoms with Gasteiger partial charge in [-0.3, -0.25) is 4.79 Å². The fraction of sp³-hybridized carbons (Fsp3) is 0.275. The van der Waals surface area contributed by atoms with E-state index in [1.54, 1.807) is 20.3 Å². The number of halogens is 1. The van der Waals surface area contributed by atoms with E-state index in [0.717, 1.165) is 106 Å². The van der Waals surface area contributed by atoms with E-state index in [-0.39, 0.29) is 44.6 Å². The average molecular weight is 1760 g/mol. The Hall–Kier alpha value is -10.9. The number of carbonyl (C=O) groups is 5. The third-order valence-electron chi connectivity index (χ3n) is 20.0. The number of hydrogen-bond donors (Lipinski definition) is 4. The van der Waals surface area contributed by atoms with Crippen molar-refractivity contribution in [2.45, 2.75) is 38.1 Å². The number of aliphatic hydroxyl groups excluding tert-OH is 1. The van der Waals surface area contributed by atoms with Crippen LogP contribution in [0.25, 0.3) is 43.1 Å². The zero-order valence-corrected chi connectivity index (χ0v) is 72.0. The van der Waals surface area contributed by atoms with Gasteiger partial charge < -0.3 is 80.1 Å². The zero-order valence-electron chi connectivity index (χ0n) is 67.2. The van der Waals surface area contributed by atoms with Gasteiger partial charge in [0, 0.05) is 88.8 Å². The summed E-state index contributed by atoms with van der Waals surface area (Å²) in [6.07, 6.45) is 0.735. The molecule has 4 aromatic heterocycles. The molecule has 0 aliphatic carbocycles. The topological polar surface area (TPSA) is 339 Å². The number of anilines is 4. The molecule has 0 saturated carbocycles. The van der Waals surface area contributed by atoms with Crippen molar-refractivity contribution in [1.29, 1.82) is 21.0 Å². The van der Waals surface area contributed by atoms with Gasteiger partial charge in [-0.15, -0.1) is 45.3 Å². The number of aldehydes is 1. The first-order chi connectivity index (χ1) is 58.4. The van der Waals surface area contributed by atoms with Crippen LogP contribution in [0, 0.1) is 52.2 Å². The Kier molecular flexibility index (Phi) is 34.5. The van der Waals surface area contributed by atoms with Crippen LogP contribution in [-0.2, 0) is 33.2 Å². The number of rotatable bonds is 18. The van der Waals surface area contributed by atoms with Crippen molar-refractivity contribution < 1.29 is 96.4 Å². The van der Waals surface area contributed by atoms with Crippen LogP contribution in [-0.4, -0.2) is 177 Å². The molecular formula is C91H86BrLiN8O16S4. The molecule has 8 aromatic carbocycles. The molecule has 4 fully saturated rings. The number of nitriles is 4. The smallest absolute Gasteiger partial charge is 0.477 e. The minimum Gasteiger partial charge on any atom is -0.477 e. The van der Waals surface area contributed by atoms with Crippen molar-refractivity contribution >= 4 is 155 Å². The average Bonchev–Trinajstić information content (AvgIpc) is 1.62. The Balaban J connectivity index is 0.000000161. The molecule has 0 radical (unpaired) electrons. The van der Waals surface area contributed by atoms with E-state index in [0.29, 0.717) is 163 Å². The van der Waals surface area contributed by atoms with Crippen molar-refractivity contribution in [3.8, 4) is 24.3 Å². The molecule has 0 spiro atoms. The van der Waals surface area contributed by atoms with Crippen molar-refractivity contribution in [2.75, 3.05) is 146 Å². The number of morpholine rings is 4. The SMILES string of the molecule is COC(=O)c1sc(N2CCOCC2)c(C#N)c1C(OC)c1ccc2ccccc2c1.COC(c1ccc2ccccc2c1)c1c(C(=O)O)sc(N2CCOCC2)c1C#N.N#Cc1c(N2CCOCC2)sc(C(=O)O)c1Br.N#Cc1c(N2CCOCC2)sc(C(=O)O)c1C(O)c1ccc2ccccc2c1.O=Cc1ccc2ccccc2c1.[CH2-]CCC.[Li+]. The Morgan fingerprint density at radius 2 is 0.736 bits per heavy atom. The first kappa shape index (κ1) is 92.4. The number of carboxylic acid groups (broad SMARTS) is 3. The van der Waals surface area contributed by atoms with Crippen LogP contribution < -0.4 is 38.5 Å². The van der Waals surface area contributed by atoms with Gasteiger partial charge >= 0.3 is 42.7 Å². The van der Waals surface area contributed by atoms with Crippen LogP contribution in [0.4, 0.5) is 20.0 Å². The summed E-state index contributed by atoms with van der Waals surface area (Å²) < 4.78 is 38.4. The van der Waals surface area contributed by atoms with E-state index in [1.807, 2.05) is 178 Å². The molecule has 121 heavy (non-hydrogen) atoms. The molecule has 8 heterocycles.